The summed E-state index contributed by atoms with van der Waals surface area (Å²) in [6.07, 6.45) is 7.39. The highest BCUT2D eigenvalue weighted by molar-refractivity contribution is 5.74. The number of carbonyl (C=O) groups is 1. The first-order chi connectivity index (χ1) is 5.76. The highest BCUT2D eigenvalue weighted by atomic mass is 16.5. The molecule has 0 fully saturated rings. The lowest BCUT2D eigenvalue weighted by Gasteiger charge is -2.10. The number of hydrogen-bond donors (Lipinski definition) is 0. The zero-order chi connectivity index (χ0) is 9.40. The van der Waals surface area contributed by atoms with Crippen molar-refractivity contribution in [1.82, 2.24) is 0 Å². The summed E-state index contributed by atoms with van der Waals surface area (Å²) in [5.41, 5.74) is 0. The van der Waals surface area contributed by atoms with Crippen LogP contribution in [0.3, 0.4) is 0 Å². The van der Waals surface area contributed by atoms with Crippen LogP contribution in [0.4, 0.5) is 0 Å². The van der Waals surface area contributed by atoms with Gasteiger partial charge in [-0.2, -0.15) is 0 Å². The van der Waals surface area contributed by atoms with Crippen LogP contribution >= 0.6 is 0 Å². The van der Waals surface area contributed by atoms with Crippen LogP contribution in [-0.4, -0.2) is 13.1 Å². The first-order valence-corrected chi connectivity index (χ1v) is 3.74. The van der Waals surface area contributed by atoms with E-state index in [2.05, 4.69) is 18.2 Å². The van der Waals surface area contributed by atoms with Crippen molar-refractivity contribution in [3.8, 4) is 0 Å². The van der Waals surface area contributed by atoms with Crippen molar-refractivity contribution < 1.29 is 9.53 Å². The normalized spacial score (nSPS) is 12.2. The van der Waals surface area contributed by atoms with E-state index >= 15 is 0 Å². The van der Waals surface area contributed by atoms with Gasteiger partial charge in [-0.05, 0) is 32.6 Å². The number of esters is 1. The van der Waals surface area contributed by atoms with Gasteiger partial charge in [0.05, 0.1) is 13.0 Å². The lowest BCUT2D eigenvalue weighted by atomic mass is 9.99. The SMILES string of the molecule is [CH2][CH][CH][CH][C@@H](CC=C)C(=O)OC. The molecule has 0 bridgehead atoms. The third kappa shape index (κ3) is 4.16. The highest BCUT2D eigenvalue weighted by Crippen LogP contribution is 2.12. The predicted octanol–water partition coefficient (Wildman–Crippen LogP) is 1.80. The summed E-state index contributed by atoms with van der Waals surface area (Å²) >= 11 is 0. The van der Waals surface area contributed by atoms with Gasteiger partial charge in [0.15, 0.2) is 0 Å². The van der Waals surface area contributed by atoms with Crippen LogP contribution in [0.25, 0.3) is 0 Å². The Morgan fingerprint density at radius 2 is 2.33 bits per heavy atom. The molecule has 0 aromatic rings. The molecule has 66 valence electrons. The van der Waals surface area contributed by atoms with E-state index in [4.69, 9.17) is 0 Å². The minimum atomic E-state index is -0.243. The van der Waals surface area contributed by atoms with E-state index in [0.717, 1.165) is 0 Å². The fourth-order valence-corrected chi connectivity index (χ4v) is 0.797. The molecule has 0 saturated carbocycles. The fourth-order valence-electron chi connectivity index (χ4n) is 0.797. The monoisotopic (exact) mass is 166 g/mol. The molecule has 0 rings (SSSR count). The Morgan fingerprint density at radius 3 is 2.75 bits per heavy atom. The Morgan fingerprint density at radius 1 is 1.67 bits per heavy atom. The van der Waals surface area contributed by atoms with E-state index in [1.165, 1.54) is 7.11 Å². The molecule has 0 aromatic carbocycles. The van der Waals surface area contributed by atoms with Gasteiger partial charge in [0.1, 0.15) is 0 Å². The topological polar surface area (TPSA) is 26.3 Å². The van der Waals surface area contributed by atoms with Gasteiger partial charge in [-0.1, -0.05) is 6.08 Å². The van der Waals surface area contributed by atoms with Gasteiger partial charge in [-0.25, -0.2) is 0 Å². The average molecular weight is 166 g/mol. The number of carbonyl (C=O) groups excluding carboxylic acids is 1. The highest BCUT2D eigenvalue weighted by Gasteiger charge is 2.16. The van der Waals surface area contributed by atoms with Crippen LogP contribution in [0.1, 0.15) is 6.42 Å². The maximum atomic E-state index is 11.1. The summed E-state index contributed by atoms with van der Waals surface area (Å²) in [4.78, 5) is 11.1. The van der Waals surface area contributed by atoms with E-state index in [1.807, 2.05) is 0 Å². The van der Waals surface area contributed by atoms with Gasteiger partial charge in [-0.3, -0.25) is 4.79 Å². The van der Waals surface area contributed by atoms with E-state index in [0.29, 0.717) is 6.42 Å². The van der Waals surface area contributed by atoms with Gasteiger partial charge < -0.3 is 4.74 Å². The lowest BCUT2D eigenvalue weighted by Crippen LogP contribution is -2.16. The van der Waals surface area contributed by atoms with E-state index in [1.54, 1.807) is 25.3 Å². The first kappa shape index (κ1) is 11.2. The van der Waals surface area contributed by atoms with Crippen molar-refractivity contribution in [2.24, 2.45) is 5.92 Å². The van der Waals surface area contributed by atoms with Crippen molar-refractivity contribution >= 4 is 5.97 Å². The Labute approximate surface area is 74.6 Å². The second-order valence-electron chi connectivity index (χ2n) is 2.27. The molecule has 0 aliphatic carbocycles. The standard InChI is InChI=1S/C10H14O2/c1-4-6-8-9(7-5-2)10(11)12-3/h4-6,8-9H,1-2,7H2,3H3/t9-/m1/s1. The molecule has 2 heteroatoms. The molecular formula is C10H14O2. The minimum absolute atomic E-state index is 0.231. The number of hydrogen-bond acceptors (Lipinski definition) is 2. The van der Waals surface area contributed by atoms with Crippen molar-refractivity contribution in [3.05, 3.63) is 38.8 Å². The third-order valence-electron chi connectivity index (χ3n) is 1.40. The molecule has 4 radical (unpaired) electrons. The molecule has 0 saturated heterocycles. The van der Waals surface area contributed by atoms with Gasteiger partial charge in [0, 0.05) is 0 Å². The lowest BCUT2D eigenvalue weighted by molar-refractivity contribution is -0.144. The number of rotatable bonds is 6. The van der Waals surface area contributed by atoms with E-state index in [-0.39, 0.29) is 11.9 Å². The van der Waals surface area contributed by atoms with Crippen LogP contribution in [0.2, 0.25) is 0 Å². The van der Waals surface area contributed by atoms with Crippen LogP contribution in [0, 0.1) is 32.1 Å². The Kier molecular flexibility index (Phi) is 6.44. The summed E-state index contributed by atoms with van der Waals surface area (Å²) in [5, 5.41) is 0. The fraction of sp³-hybridized carbons (Fsp3) is 0.300. The molecule has 0 heterocycles. The van der Waals surface area contributed by atoms with Gasteiger partial charge in [0.2, 0.25) is 0 Å². The van der Waals surface area contributed by atoms with Crippen molar-refractivity contribution in [1.29, 1.82) is 0 Å². The zero-order valence-corrected chi connectivity index (χ0v) is 7.32. The Hall–Kier alpha value is -0.790. The summed E-state index contributed by atoms with van der Waals surface area (Å²) in [5.74, 6) is -0.474. The Bertz CT molecular complexity index is 141. The second kappa shape index (κ2) is 6.89. The molecule has 0 spiro atoms. The second-order valence-corrected chi connectivity index (χ2v) is 2.27. The zero-order valence-electron chi connectivity index (χ0n) is 7.32. The number of unbranched alkanes of at least 4 members (excludes halogenated alkanes) is 1. The number of ether oxygens (including phenoxy) is 1. The maximum absolute atomic E-state index is 11.1. The van der Waals surface area contributed by atoms with Gasteiger partial charge >= 0.3 is 5.97 Å². The smallest absolute Gasteiger partial charge is 0.309 e. The molecule has 0 aliphatic heterocycles. The maximum Gasteiger partial charge on any atom is 0.309 e. The predicted molar refractivity (Wildman–Crippen MR) is 48.6 cm³/mol. The van der Waals surface area contributed by atoms with Gasteiger partial charge in [0.25, 0.3) is 0 Å². The Balaban J connectivity index is 3.84. The molecule has 0 aliphatic rings. The van der Waals surface area contributed by atoms with Crippen molar-refractivity contribution in [2.45, 2.75) is 6.42 Å². The molecule has 0 unspecified atom stereocenters. The summed E-state index contributed by atoms with van der Waals surface area (Å²) in [6.45, 7) is 7.07. The van der Waals surface area contributed by atoms with Crippen LogP contribution < -0.4 is 0 Å². The summed E-state index contributed by atoms with van der Waals surface area (Å²) in [6, 6.07) is 0. The average Bonchev–Trinajstić information content (AvgIpc) is 2.11. The molecule has 0 amide bonds. The molecule has 1 atom stereocenters. The largest absolute Gasteiger partial charge is 0.469 e. The van der Waals surface area contributed by atoms with Crippen LogP contribution in [0.15, 0.2) is 12.7 Å². The van der Waals surface area contributed by atoms with Gasteiger partial charge in [-0.15, -0.1) is 6.58 Å². The molecule has 0 aromatic heterocycles. The molecule has 0 N–H and O–H groups in total. The van der Waals surface area contributed by atoms with E-state index in [9.17, 15) is 4.79 Å². The number of methoxy groups -OCH3 is 1. The third-order valence-corrected chi connectivity index (χ3v) is 1.40. The summed E-state index contributed by atoms with van der Waals surface area (Å²) in [7, 11) is 1.38. The minimum Gasteiger partial charge on any atom is -0.469 e. The van der Waals surface area contributed by atoms with Crippen LogP contribution in [0.5, 0.6) is 0 Å². The first-order valence-electron chi connectivity index (χ1n) is 3.74. The number of allylic oxidation sites excluding steroid dienone is 1. The van der Waals surface area contributed by atoms with Crippen LogP contribution in [-0.2, 0) is 9.53 Å². The van der Waals surface area contributed by atoms with E-state index < -0.39 is 0 Å². The van der Waals surface area contributed by atoms with Crippen molar-refractivity contribution in [2.75, 3.05) is 7.11 Å². The molecular weight excluding hydrogens is 152 g/mol. The quantitative estimate of drug-likeness (QED) is 0.444. The summed E-state index contributed by atoms with van der Waals surface area (Å²) < 4.78 is 4.59. The molecule has 2 nitrogen and oxygen atoms in total. The van der Waals surface area contributed by atoms with Crippen molar-refractivity contribution in [3.63, 3.8) is 0 Å². The molecule has 12 heavy (non-hydrogen) atoms.